The zero-order valence-electron chi connectivity index (χ0n) is 22.2. The number of nitrogens with one attached hydrogen (secondary N) is 2. The average Bonchev–Trinajstić information content (AvgIpc) is 3.52. The van der Waals surface area contributed by atoms with E-state index in [0.29, 0.717) is 47.7 Å². The fourth-order valence-corrected chi connectivity index (χ4v) is 6.42. The zero-order chi connectivity index (χ0) is 28.6. The third-order valence-corrected chi connectivity index (χ3v) is 8.98. The SMILES string of the molecule is O=C(NN1CCCCC1)NS(=O)(=O)c1ccc(CCN2C(=O)c3cc4c(cc3C2(O)c2ccccc2)OCO4)cc1. The molecule has 3 aromatic rings. The molecular formula is C29H30N4O7S. The molecule has 3 N–H and O–H groups in total. The maximum Gasteiger partial charge on any atom is 0.343 e. The summed E-state index contributed by atoms with van der Waals surface area (Å²) in [5.41, 5.74) is 2.86. The van der Waals surface area contributed by atoms with Gasteiger partial charge in [-0.05, 0) is 49.1 Å². The molecule has 3 aliphatic heterocycles. The molecule has 0 aromatic heterocycles. The summed E-state index contributed by atoms with van der Waals surface area (Å²) < 4.78 is 38.5. The molecule has 41 heavy (non-hydrogen) atoms. The summed E-state index contributed by atoms with van der Waals surface area (Å²) in [7, 11) is -4.08. The molecule has 3 heterocycles. The number of hydrogen-bond donors (Lipinski definition) is 3. The van der Waals surface area contributed by atoms with E-state index < -0.39 is 21.8 Å². The van der Waals surface area contributed by atoms with Crippen LogP contribution in [-0.4, -0.2) is 61.8 Å². The van der Waals surface area contributed by atoms with Crippen molar-refractivity contribution in [3.8, 4) is 11.5 Å². The van der Waals surface area contributed by atoms with Crippen molar-refractivity contribution in [1.29, 1.82) is 0 Å². The number of aliphatic hydroxyl groups is 1. The molecule has 0 bridgehead atoms. The number of nitrogens with zero attached hydrogens (tertiary/aromatic N) is 2. The highest BCUT2D eigenvalue weighted by Gasteiger charge is 2.50. The van der Waals surface area contributed by atoms with Crippen LogP contribution in [0, 0.1) is 0 Å². The van der Waals surface area contributed by atoms with E-state index in [1.165, 1.54) is 17.0 Å². The van der Waals surface area contributed by atoms with Crippen molar-refractivity contribution in [2.24, 2.45) is 0 Å². The lowest BCUT2D eigenvalue weighted by Gasteiger charge is -2.35. The number of carbonyl (C=O) groups is 2. The number of rotatable bonds is 7. The average molecular weight is 579 g/mol. The normalized spacial score (nSPS) is 20.1. The molecule has 1 unspecified atom stereocenters. The highest BCUT2D eigenvalue weighted by molar-refractivity contribution is 7.90. The van der Waals surface area contributed by atoms with Crippen LogP contribution in [-0.2, 0) is 22.2 Å². The van der Waals surface area contributed by atoms with Gasteiger partial charge in [0.1, 0.15) is 0 Å². The van der Waals surface area contributed by atoms with E-state index in [0.717, 1.165) is 24.8 Å². The van der Waals surface area contributed by atoms with Gasteiger partial charge in [-0.2, -0.15) is 0 Å². The molecule has 0 radical (unpaired) electrons. The Morgan fingerprint density at radius 3 is 2.34 bits per heavy atom. The summed E-state index contributed by atoms with van der Waals surface area (Å²) in [4.78, 5) is 27.2. The summed E-state index contributed by atoms with van der Waals surface area (Å²) in [6.07, 6.45) is 3.31. The van der Waals surface area contributed by atoms with Crippen LogP contribution in [0.2, 0.25) is 0 Å². The number of fused-ring (bicyclic) bond motifs is 2. The second-order valence-corrected chi connectivity index (χ2v) is 11.9. The van der Waals surface area contributed by atoms with Gasteiger partial charge in [0.2, 0.25) is 6.79 Å². The molecule has 1 atom stereocenters. The largest absolute Gasteiger partial charge is 0.454 e. The Hall–Kier alpha value is -4.13. The van der Waals surface area contributed by atoms with Gasteiger partial charge in [0.25, 0.3) is 15.9 Å². The number of amides is 3. The fourth-order valence-electron chi connectivity index (χ4n) is 5.52. The molecule has 3 aromatic carbocycles. The van der Waals surface area contributed by atoms with Gasteiger partial charge in [-0.25, -0.2) is 22.9 Å². The van der Waals surface area contributed by atoms with E-state index in [2.05, 4.69) is 10.1 Å². The standard InChI is InChI=1S/C29H30N4O7S/c34-27-23-17-25-26(40-19-39-25)18-24(23)29(36,21-7-3-1-4-8-21)33(27)16-13-20-9-11-22(12-10-20)41(37,38)31-28(35)30-32-14-5-2-6-15-32/h1,3-4,7-12,17-18,36H,2,5-6,13-16,19H2,(H2,30,31,35). The smallest absolute Gasteiger partial charge is 0.343 e. The molecule has 11 nitrogen and oxygen atoms in total. The first-order valence-corrected chi connectivity index (χ1v) is 15.0. The molecule has 214 valence electrons. The van der Waals surface area contributed by atoms with Crippen LogP contribution < -0.4 is 19.6 Å². The third-order valence-electron chi connectivity index (χ3n) is 7.63. The fraction of sp³-hybridized carbons (Fsp3) is 0.310. The molecule has 3 amide bonds. The first-order valence-electron chi connectivity index (χ1n) is 13.5. The van der Waals surface area contributed by atoms with E-state index in [4.69, 9.17) is 9.47 Å². The van der Waals surface area contributed by atoms with Crippen LogP contribution in [0.1, 0.15) is 46.3 Å². The number of ether oxygens (including phenoxy) is 2. The lowest BCUT2D eigenvalue weighted by atomic mass is 9.93. The van der Waals surface area contributed by atoms with Crippen molar-refractivity contribution >= 4 is 22.0 Å². The maximum absolute atomic E-state index is 13.6. The van der Waals surface area contributed by atoms with Crippen LogP contribution in [0.4, 0.5) is 4.79 Å². The Morgan fingerprint density at radius 1 is 0.951 bits per heavy atom. The summed E-state index contributed by atoms with van der Waals surface area (Å²) in [6, 6.07) is 17.5. The van der Waals surface area contributed by atoms with Gasteiger partial charge in [-0.15, -0.1) is 0 Å². The lowest BCUT2D eigenvalue weighted by molar-refractivity contribution is -0.0494. The Balaban J connectivity index is 1.18. The first-order chi connectivity index (χ1) is 19.8. The van der Waals surface area contributed by atoms with Crippen molar-refractivity contribution in [2.45, 2.75) is 36.3 Å². The van der Waals surface area contributed by atoms with E-state index in [1.54, 1.807) is 53.5 Å². The first kappa shape index (κ1) is 27.1. The number of hydrazine groups is 1. The minimum absolute atomic E-state index is 0.0459. The van der Waals surface area contributed by atoms with E-state index in [-0.39, 0.29) is 24.1 Å². The van der Waals surface area contributed by atoms with Gasteiger partial charge in [0.15, 0.2) is 17.2 Å². The Kier molecular flexibility index (Phi) is 7.06. The Bertz CT molecular complexity index is 1570. The zero-order valence-corrected chi connectivity index (χ0v) is 23.0. The molecule has 3 aliphatic rings. The van der Waals surface area contributed by atoms with Gasteiger partial charge >= 0.3 is 6.03 Å². The van der Waals surface area contributed by atoms with Crippen LogP contribution >= 0.6 is 0 Å². The van der Waals surface area contributed by atoms with E-state index in [9.17, 15) is 23.1 Å². The molecule has 1 fully saturated rings. The molecule has 0 saturated carbocycles. The van der Waals surface area contributed by atoms with Gasteiger partial charge in [-0.3, -0.25) is 10.2 Å². The van der Waals surface area contributed by atoms with Crippen molar-refractivity contribution in [3.05, 3.63) is 89.0 Å². The van der Waals surface area contributed by atoms with Gasteiger partial charge in [0.05, 0.1) is 10.5 Å². The number of sulfonamides is 1. The molecule has 6 rings (SSSR count). The lowest BCUT2D eigenvalue weighted by Crippen LogP contribution is -2.50. The second kappa shape index (κ2) is 10.7. The van der Waals surface area contributed by atoms with Crippen molar-refractivity contribution in [3.63, 3.8) is 0 Å². The number of carbonyl (C=O) groups excluding carboxylic acids is 2. The van der Waals surface area contributed by atoms with Crippen molar-refractivity contribution < 1.29 is 32.6 Å². The summed E-state index contributed by atoms with van der Waals surface area (Å²) in [5.74, 6) is 0.555. The predicted molar refractivity (Wildman–Crippen MR) is 147 cm³/mol. The number of urea groups is 1. The van der Waals surface area contributed by atoms with Crippen LogP contribution in [0.5, 0.6) is 11.5 Å². The van der Waals surface area contributed by atoms with E-state index in [1.807, 2.05) is 6.07 Å². The monoisotopic (exact) mass is 578 g/mol. The number of hydrogen-bond acceptors (Lipinski definition) is 8. The van der Waals surface area contributed by atoms with E-state index >= 15 is 0 Å². The molecule has 12 heteroatoms. The second-order valence-electron chi connectivity index (χ2n) is 10.2. The van der Waals surface area contributed by atoms with Gasteiger partial charge in [0, 0.05) is 30.8 Å². The maximum atomic E-state index is 13.6. The minimum Gasteiger partial charge on any atom is -0.454 e. The summed E-state index contributed by atoms with van der Waals surface area (Å²) in [6.45, 7) is 1.55. The summed E-state index contributed by atoms with van der Waals surface area (Å²) >= 11 is 0. The highest BCUT2D eigenvalue weighted by Crippen LogP contribution is 2.47. The molecule has 1 saturated heterocycles. The molecule has 0 aliphatic carbocycles. The van der Waals surface area contributed by atoms with Crippen LogP contribution in [0.3, 0.4) is 0 Å². The van der Waals surface area contributed by atoms with Gasteiger partial charge < -0.3 is 19.5 Å². The summed E-state index contributed by atoms with van der Waals surface area (Å²) in [5, 5.41) is 13.8. The molecule has 0 spiro atoms. The molecular weight excluding hydrogens is 548 g/mol. The minimum atomic E-state index is -4.08. The number of benzene rings is 3. The predicted octanol–water partition coefficient (Wildman–Crippen LogP) is 2.70. The van der Waals surface area contributed by atoms with Crippen molar-refractivity contribution in [1.82, 2.24) is 20.1 Å². The third kappa shape index (κ3) is 5.09. The number of piperidine rings is 1. The van der Waals surface area contributed by atoms with Crippen LogP contribution in [0.15, 0.2) is 71.6 Å². The Morgan fingerprint density at radius 2 is 1.63 bits per heavy atom. The highest BCUT2D eigenvalue weighted by atomic mass is 32.2. The van der Waals surface area contributed by atoms with Gasteiger partial charge in [-0.1, -0.05) is 48.9 Å². The topological polar surface area (TPSA) is 138 Å². The quantitative estimate of drug-likeness (QED) is 0.389. The Labute approximate surface area is 237 Å². The van der Waals surface area contributed by atoms with Crippen LogP contribution in [0.25, 0.3) is 0 Å². The van der Waals surface area contributed by atoms with Crippen molar-refractivity contribution in [2.75, 3.05) is 26.4 Å².